The Bertz CT molecular complexity index is 347. The van der Waals surface area contributed by atoms with Gasteiger partial charge in [0.2, 0.25) is 0 Å². The van der Waals surface area contributed by atoms with Crippen LogP contribution in [0.4, 0.5) is 4.79 Å². The van der Waals surface area contributed by atoms with Gasteiger partial charge in [-0.1, -0.05) is 30.3 Å². The fourth-order valence-electron chi connectivity index (χ4n) is 1.16. The second-order valence-electron chi connectivity index (χ2n) is 3.79. The van der Waals surface area contributed by atoms with Gasteiger partial charge in [-0.05, 0) is 31.4 Å². The quantitative estimate of drug-likeness (QED) is 0.450. The Hall–Kier alpha value is -1.59. The SMILES string of the molecule is CCOC(=O)OOOC(C)(C)c1ccccc1. The zero-order valence-electron chi connectivity index (χ0n) is 10.1. The monoisotopic (exact) mass is 240 g/mol. The van der Waals surface area contributed by atoms with E-state index in [0.717, 1.165) is 5.56 Å². The van der Waals surface area contributed by atoms with Crippen LogP contribution in [0.15, 0.2) is 30.3 Å². The maximum atomic E-state index is 10.8. The average Bonchev–Trinajstić information content (AvgIpc) is 2.30. The summed E-state index contributed by atoms with van der Waals surface area (Å²) in [6.07, 6.45) is -0.934. The Morgan fingerprint density at radius 2 is 1.88 bits per heavy atom. The molecule has 1 rings (SSSR count). The third-order valence-electron chi connectivity index (χ3n) is 2.08. The summed E-state index contributed by atoms with van der Waals surface area (Å²) in [5, 5.41) is 4.39. The summed E-state index contributed by atoms with van der Waals surface area (Å²) in [5.41, 5.74) is 0.167. The van der Waals surface area contributed by atoms with Gasteiger partial charge in [0.1, 0.15) is 5.60 Å². The Morgan fingerprint density at radius 3 is 2.47 bits per heavy atom. The summed E-state index contributed by atoms with van der Waals surface area (Å²) in [6.45, 7) is 5.45. The van der Waals surface area contributed by atoms with Crippen LogP contribution in [0.3, 0.4) is 0 Å². The molecular formula is C12H16O5. The number of hydrogen-bond donors (Lipinski definition) is 0. The first-order chi connectivity index (χ1) is 8.06. The maximum Gasteiger partial charge on any atom is 0.542 e. The topological polar surface area (TPSA) is 54.0 Å². The lowest BCUT2D eigenvalue weighted by Gasteiger charge is -2.22. The highest BCUT2D eigenvalue weighted by Crippen LogP contribution is 2.24. The summed E-state index contributed by atoms with van der Waals surface area (Å²) in [7, 11) is 0. The molecule has 0 saturated carbocycles. The highest BCUT2D eigenvalue weighted by atomic mass is 17.5. The molecule has 0 heterocycles. The van der Waals surface area contributed by atoms with E-state index in [1.54, 1.807) is 20.8 Å². The van der Waals surface area contributed by atoms with Crippen molar-refractivity contribution in [3.8, 4) is 0 Å². The summed E-state index contributed by atoms with van der Waals surface area (Å²) in [5.74, 6) is 0. The smallest absolute Gasteiger partial charge is 0.433 e. The molecule has 0 aliphatic heterocycles. The standard InChI is InChI=1S/C12H16O5/c1-4-14-11(13)15-17-16-12(2,3)10-8-6-5-7-9-10/h5-9H,4H2,1-3H3. The van der Waals surface area contributed by atoms with Gasteiger partial charge in [-0.25, -0.2) is 9.68 Å². The minimum atomic E-state index is -0.934. The van der Waals surface area contributed by atoms with Crippen molar-refractivity contribution in [2.24, 2.45) is 0 Å². The van der Waals surface area contributed by atoms with Crippen molar-refractivity contribution < 1.29 is 24.3 Å². The molecule has 94 valence electrons. The molecule has 0 bridgehead atoms. The molecule has 17 heavy (non-hydrogen) atoms. The van der Waals surface area contributed by atoms with E-state index in [9.17, 15) is 4.79 Å². The summed E-state index contributed by atoms with van der Waals surface area (Å²) in [6, 6.07) is 9.43. The molecule has 0 saturated heterocycles. The average molecular weight is 240 g/mol. The Balaban J connectivity index is 2.43. The summed E-state index contributed by atoms with van der Waals surface area (Å²) < 4.78 is 4.50. The fourth-order valence-corrected chi connectivity index (χ4v) is 1.16. The minimum absolute atomic E-state index is 0.213. The first kappa shape index (κ1) is 13.5. The Labute approximate surface area is 100 Å². The van der Waals surface area contributed by atoms with Gasteiger partial charge < -0.3 is 4.74 Å². The molecular weight excluding hydrogens is 224 g/mol. The van der Waals surface area contributed by atoms with Crippen LogP contribution < -0.4 is 0 Å². The van der Waals surface area contributed by atoms with Crippen molar-refractivity contribution in [1.82, 2.24) is 0 Å². The third kappa shape index (κ3) is 4.42. The molecule has 0 radical (unpaired) electrons. The number of benzene rings is 1. The largest absolute Gasteiger partial charge is 0.542 e. The third-order valence-corrected chi connectivity index (χ3v) is 2.08. The van der Waals surface area contributed by atoms with E-state index in [4.69, 9.17) is 4.89 Å². The zero-order valence-corrected chi connectivity index (χ0v) is 10.1. The van der Waals surface area contributed by atoms with Crippen LogP contribution in [-0.4, -0.2) is 12.8 Å². The molecule has 0 atom stereocenters. The normalized spacial score (nSPS) is 11.0. The fraction of sp³-hybridized carbons (Fsp3) is 0.417. The first-order valence-electron chi connectivity index (χ1n) is 5.31. The molecule has 5 heteroatoms. The molecule has 0 N–H and O–H groups in total. The van der Waals surface area contributed by atoms with Gasteiger partial charge in [-0.15, -0.1) is 0 Å². The summed E-state index contributed by atoms with van der Waals surface area (Å²) in [4.78, 5) is 20.1. The Morgan fingerprint density at radius 1 is 1.24 bits per heavy atom. The van der Waals surface area contributed by atoms with Gasteiger partial charge in [0.15, 0.2) is 0 Å². The van der Waals surface area contributed by atoms with Gasteiger partial charge in [0.05, 0.1) is 6.61 Å². The lowest BCUT2D eigenvalue weighted by molar-refractivity contribution is -0.520. The molecule has 1 aromatic carbocycles. The highest BCUT2D eigenvalue weighted by Gasteiger charge is 2.24. The number of carbonyl (C=O) groups excluding carboxylic acids is 1. The molecule has 1 aromatic rings. The number of ether oxygens (including phenoxy) is 1. The van der Waals surface area contributed by atoms with E-state index < -0.39 is 11.8 Å². The van der Waals surface area contributed by atoms with Crippen molar-refractivity contribution >= 4 is 6.16 Å². The van der Waals surface area contributed by atoms with Crippen LogP contribution in [0.25, 0.3) is 0 Å². The zero-order chi connectivity index (χ0) is 12.7. The second kappa shape index (κ2) is 6.22. The summed E-state index contributed by atoms with van der Waals surface area (Å²) >= 11 is 0. The van der Waals surface area contributed by atoms with Crippen molar-refractivity contribution in [3.05, 3.63) is 35.9 Å². The van der Waals surface area contributed by atoms with Gasteiger partial charge in [-0.3, -0.25) is 0 Å². The predicted molar refractivity (Wildman–Crippen MR) is 59.7 cm³/mol. The molecule has 0 unspecified atom stereocenters. The van der Waals surface area contributed by atoms with E-state index >= 15 is 0 Å². The van der Waals surface area contributed by atoms with Crippen LogP contribution in [0.5, 0.6) is 0 Å². The highest BCUT2D eigenvalue weighted by molar-refractivity contribution is 5.58. The lowest BCUT2D eigenvalue weighted by atomic mass is 9.99. The molecule has 0 spiro atoms. The molecule has 5 nitrogen and oxygen atoms in total. The van der Waals surface area contributed by atoms with E-state index in [1.807, 2.05) is 30.3 Å². The number of hydrogen-bond acceptors (Lipinski definition) is 5. The molecule has 0 amide bonds. The number of rotatable bonds is 5. The second-order valence-corrected chi connectivity index (χ2v) is 3.79. The molecule has 0 fully saturated rings. The van der Waals surface area contributed by atoms with Crippen LogP contribution >= 0.6 is 0 Å². The van der Waals surface area contributed by atoms with Gasteiger partial charge >= 0.3 is 6.16 Å². The van der Waals surface area contributed by atoms with Gasteiger partial charge in [-0.2, -0.15) is 4.89 Å². The van der Waals surface area contributed by atoms with Crippen molar-refractivity contribution in [3.63, 3.8) is 0 Å². The van der Waals surface area contributed by atoms with Crippen LogP contribution in [-0.2, 0) is 25.2 Å². The van der Waals surface area contributed by atoms with Crippen molar-refractivity contribution in [2.45, 2.75) is 26.4 Å². The van der Waals surface area contributed by atoms with Gasteiger partial charge in [0.25, 0.3) is 0 Å². The van der Waals surface area contributed by atoms with Crippen LogP contribution in [0.1, 0.15) is 26.3 Å². The Kier molecular flexibility index (Phi) is 4.93. The van der Waals surface area contributed by atoms with Gasteiger partial charge in [0, 0.05) is 0 Å². The molecule has 0 aliphatic carbocycles. The van der Waals surface area contributed by atoms with Crippen molar-refractivity contribution in [2.75, 3.05) is 6.61 Å². The maximum absolute atomic E-state index is 10.8. The minimum Gasteiger partial charge on any atom is -0.433 e. The van der Waals surface area contributed by atoms with E-state index in [-0.39, 0.29) is 6.61 Å². The number of carbonyl (C=O) groups is 1. The lowest BCUT2D eigenvalue weighted by Crippen LogP contribution is -2.23. The molecule has 0 aliphatic rings. The van der Waals surface area contributed by atoms with E-state index in [2.05, 4.69) is 14.7 Å². The van der Waals surface area contributed by atoms with E-state index in [0.29, 0.717) is 0 Å². The van der Waals surface area contributed by atoms with Crippen LogP contribution in [0, 0.1) is 0 Å². The first-order valence-corrected chi connectivity index (χ1v) is 5.31. The van der Waals surface area contributed by atoms with Crippen LogP contribution in [0.2, 0.25) is 0 Å². The van der Waals surface area contributed by atoms with Crippen molar-refractivity contribution in [1.29, 1.82) is 0 Å². The van der Waals surface area contributed by atoms with E-state index in [1.165, 1.54) is 0 Å². The predicted octanol–water partition coefficient (Wildman–Crippen LogP) is 2.96. The molecule has 0 aromatic heterocycles.